The number of amides is 2. The first-order valence-electron chi connectivity index (χ1n) is 10.0. The van der Waals surface area contributed by atoms with Crippen molar-refractivity contribution in [2.75, 3.05) is 22.3 Å². The molecule has 0 aliphatic rings. The van der Waals surface area contributed by atoms with Crippen molar-refractivity contribution >= 4 is 33.2 Å². The summed E-state index contributed by atoms with van der Waals surface area (Å²) in [6.07, 6.45) is 1.17. The number of benzene rings is 2. The van der Waals surface area contributed by atoms with Gasteiger partial charge in [-0.25, -0.2) is 8.42 Å². The molecule has 0 bridgehead atoms. The predicted molar refractivity (Wildman–Crippen MR) is 120 cm³/mol. The molecule has 2 amide bonds. The van der Waals surface area contributed by atoms with Gasteiger partial charge in [-0.1, -0.05) is 38.1 Å². The minimum atomic E-state index is -3.46. The van der Waals surface area contributed by atoms with Crippen LogP contribution in [0.1, 0.15) is 44.0 Å². The average molecular weight is 432 g/mol. The van der Waals surface area contributed by atoms with Crippen molar-refractivity contribution < 1.29 is 18.0 Å². The van der Waals surface area contributed by atoms with Gasteiger partial charge in [0.25, 0.3) is 5.91 Å². The van der Waals surface area contributed by atoms with Gasteiger partial charge in [0.2, 0.25) is 15.9 Å². The van der Waals surface area contributed by atoms with Crippen molar-refractivity contribution in [2.45, 2.75) is 39.7 Å². The van der Waals surface area contributed by atoms with Crippen LogP contribution in [0.2, 0.25) is 0 Å². The topological polar surface area (TPSA) is 95.6 Å². The smallest absolute Gasteiger partial charge is 0.254 e. The third-order valence-corrected chi connectivity index (χ3v) is 5.96. The van der Waals surface area contributed by atoms with Crippen molar-refractivity contribution in [2.24, 2.45) is 0 Å². The van der Waals surface area contributed by atoms with Gasteiger partial charge >= 0.3 is 0 Å². The molecule has 2 aromatic rings. The lowest BCUT2D eigenvalue weighted by atomic mass is 10.1. The van der Waals surface area contributed by atoms with Gasteiger partial charge in [-0.05, 0) is 50.1 Å². The molecule has 8 heteroatoms. The van der Waals surface area contributed by atoms with Crippen LogP contribution in [0.4, 0.5) is 11.4 Å². The van der Waals surface area contributed by atoms with Gasteiger partial charge < -0.3 is 10.2 Å². The highest BCUT2D eigenvalue weighted by atomic mass is 32.2. The van der Waals surface area contributed by atoms with E-state index in [9.17, 15) is 18.0 Å². The molecule has 30 heavy (non-hydrogen) atoms. The van der Waals surface area contributed by atoms with Crippen LogP contribution >= 0.6 is 0 Å². The maximum Gasteiger partial charge on any atom is 0.254 e. The second-order valence-corrected chi connectivity index (χ2v) is 8.87. The molecule has 1 atom stereocenters. The van der Waals surface area contributed by atoms with Gasteiger partial charge in [-0.3, -0.25) is 14.3 Å². The lowest BCUT2D eigenvalue weighted by Crippen LogP contribution is -2.46. The molecule has 0 aliphatic carbocycles. The number of hydrogen-bond donors (Lipinski definition) is 2. The number of nitrogens with one attached hydrogen (secondary N) is 2. The highest BCUT2D eigenvalue weighted by Crippen LogP contribution is 2.17. The molecule has 0 fully saturated rings. The fourth-order valence-electron chi connectivity index (χ4n) is 3.00. The van der Waals surface area contributed by atoms with E-state index in [1.165, 1.54) is 11.0 Å². The summed E-state index contributed by atoms with van der Waals surface area (Å²) in [6, 6.07) is 14.7. The number of anilines is 2. The molecule has 0 radical (unpaired) electrons. The first-order valence-corrected chi connectivity index (χ1v) is 11.7. The van der Waals surface area contributed by atoms with E-state index in [0.717, 1.165) is 0 Å². The molecule has 0 saturated carbocycles. The van der Waals surface area contributed by atoms with Gasteiger partial charge in [-0.15, -0.1) is 0 Å². The molecule has 162 valence electrons. The summed E-state index contributed by atoms with van der Waals surface area (Å²) >= 11 is 0. The third kappa shape index (κ3) is 6.59. The second kappa shape index (κ2) is 10.8. The van der Waals surface area contributed by atoms with Gasteiger partial charge in [0.1, 0.15) is 6.04 Å². The molecule has 0 heterocycles. The molecule has 0 saturated heterocycles. The number of carbonyl (C=O) groups is 2. The summed E-state index contributed by atoms with van der Waals surface area (Å²) in [5.74, 6) is -0.615. The van der Waals surface area contributed by atoms with Crippen LogP contribution in [0.5, 0.6) is 0 Å². The summed E-state index contributed by atoms with van der Waals surface area (Å²) in [6.45, 7) is 5.79. The molecule has 0 spiro atoms. The summed E-state index contributed by atoms with van der Waals surface area (Å²) in [5, 5.41) is 2.82. The van der Waals surface area contributed by atoms with E-state index >= 15 is 0 Å². The monoisotopic (exact) mass is 431 g/mol. The van der Waals surface area contributed by atoms with Crippen LogP contribution in [0.25, 0.3) is 0 Å². The highest BCUT2D eigenvalue weighted by Gasteiger charge is 2.26. The Labute approximate surface area is 178 Å². The fraction of sp³-hybridized carbons (Fsp3) is 0.364. The minimum Gasteiger partial charge on any atom is -0.327 e. The Morgan fingerprint density at radius 2 is 1.63 bits per heavy atom. The van der Waals surface area contributed by atoms with Gasteiger partial charge in [0.05, 0.1) is 5.75 Å². The number of sulfonamides is 1. The van der Waals surface area contributed by atoms with Crippen LogP contribution in [0.15, 0.2) is 54.6 Å². The first kappa shape index (κ1) is 23.4. The summed E-state index contributed by atoms with van der Waals surface area (Å²) in [4.78, 5) is 27.3. The zero-order valence-electron chi connectivity index (χ0n) is 17.6. The number of rotatable bonds is 10. The lowest BCUT2D eigenvalue weighted by Gasteiger charge is -2.28. The number of para-hydroxylation sites is 1. The summed E-state index contributed by atoms with van der Waals surface area (Å²) < 4.78 is 26.6. The first-order chi connectivity index (χ1) is 14.3. The van der Waals surface area contributed by atoms with E-state index in [-0.39, 0.29) is 17.6 Å². The minimum absolute atomic E-state index is 0.00379. The lowest BCUT2D eigenvalue weighted by molar-refractivity contribution is -0.120. The molecule has 0 aliphatic heterocycles. The Morgan fingerprint density at radius 1 is 0.967 bits per heavy atom. The predicted octanol–water partition coefficient (Wildman–Crippen LogP) is 3.72. The Bertz CT molecular complexity index is 961. The van der Waals surface area contributed by atoms with E-state index in [4.69, 9.17) is 0 Å². The summed E-state index contributed by atoms with van der Waals surface area (Å²) in [5.41, 5.74) is 1.30. The van der Waals surface area contributed by atoms with Crippen molar-refractivity contribution in [1.82, 2.24) is 4.90 Å². The molecule has 2 aromatic carbocycles. The Hall–Kier alpha value is -2.87. The Morgan fingerprint density at radius 3 is 2.27 bits per heavy atom. The van der Waals surface area contributed by atoms with E-state index in [1.54, 1.807) is 44.2 Å². The van der Waals surface area contributed by atoms with Crippen LogP contribution in [0, 0.1) is 0 Å². The van der Waals surface area contributed by atoms with E-state index in [2.05, 4.69) is 10.0 Å². The second-order valence-electron chi connectivity index (χ2n) is 7.03. The Balaban J connectivity index is 2.20. The number of nitrogens with zero attached hydrogens (tertiary/aromatic N) is 1. The summed E-state index contributed by atoms with van der Waals surface area (Å²) in [7, 11) is -3.46. The maximum atomic E-state index is 13.1. The largest absolute Gasteiger partial charge is 0.327 e. The molecule has 1 unspecified atom stereocenters. The van der Waals surface area contributed by atoms with Gasteiger partial charge in [-0.2, -0.15) is 0 Å². The fourth-order valence-corrected chi connectivity index (χ4v) is 4.13. The molecular formula is C22H29N3O4S. The molecule has 7 nitrogen and oxygen atoms in total. The van der Waals surface area contributed by atoms with Gasteiger partial charge in [0, 0.05) is 23.5 Å². The SMILES string of the molecule is CCCN(C(=O)c1cccc(NS(=O)(=O)CCC)c1)C(C)C(=O)Nc1ccccc1. The van der Waals surface area contributed by atoms with Gasteiger partial charge in [0.15, 0.2) is 0 Å². The molecule has 0 aromatic heterocycles. The standard InChI is InChI=1S/C22H29N3O4S/c1-4-14-25(17(3)21(26)23-19-11-7-6-8-12-19)22(27)18-10-9-13-20(16-18)24-30(28,29)15-5-2/h6-13,16-17,24H,4-5,14-15H2,1-3H3,(H,23,26). The number of carbonyl (C=O) groups excluding carboxylic acids is 2. The maximum absolute atomic E-state index is 13.1. The Kier molecular flexibility index (Phi) is 8.41. The van der Waals surface area contributed by atoms with Crippen LogP contribution in [-0.2, 0) is 14.8 Å². The molecule has 2 rings (SSSR count). The average Bonchev–Trinajstić information content (AvgIpc) is 2.71. The van der Waals surface area contributed by atoms with Crippen LogP contribution in [-0.4, -0.2) is 43.5 Å². The van der Waals surface area contributed by atoms with Crippen LogP contribution < -0.4 is 10.0 Å². The van der Waals surface area contributed by atoms with E-state index in [0.29, 0.717) is 36.3 Å². The molecule has 2 N–H and O–H groups in total. The van der Waals surface area contributed by atoms with Crippen LogP contribution in [0.3, 0.4) is 0 Å². The van der Waals surface area contributed by atoms with E-state index < -0.39 is 16.1 Å². The van der Waals surface area contributed by atoms with Crippen molar-refractivity contribution in [1.29, 1.82) is 0 Å². The zero-order chi connectivity index (χ0) is 22.1. The normalized spacial score (nSPS) is 12.1. The zero-order valence-corrected chi connectivity index (χ0v) is 18.4. The van der Waals surface area contributed by atoms with Crippen molar-refractivity contribution in [3.8, 4) is 0 Å². The van der Waals surface area contributed by atoms with Crippen molar-refractivity contribution in [3.05, 3.63) is 60.2 Å². The molecular weight excluding hydrogens is 402 g/mol. The quantitative estimate of drug-likeness (QED) is 0.599. The number of hydrogen-bond acceptors (Lipinski definition) is 4. The van der Waals surface area contributed by atoms with Crippen molar-refractivity contribution in [3.63, 3.8) is 0 Å². The third-order valence-electron chi connectivity index (χ3n) is 4.47. The highest BCUT2D eigenvalue weighted by molar-refractivity contribution is 7.92. The van der Waals surface area contributed by atoms with E-state index in [1.807, 2.05) is 25.1 Å².